The summed E-state index contributed by atoms with van der Waals surface area (Å²) in [5.41, 5.74) is 6.19. The average molecular weight is 289 g/mol. The first kappa shape index (κ1) is 16.8. The van der Waals surface area contributed by atoms with Gasteiger partial charge in [-0.3, -0.25) is 4.79 Å². The van der Waals surface area contributed by atoms with Crippen molar-refractivity contribution >= 4 is 18.3 Å². The minimum Gasteiger partial charge on any atom is -0.342 e. The summed E-state index contributed by atoms with van der Waals surface area (Å²) in [6, 6.07) is -0.00971. The summed E-state index contributed by atoms with van der Waals surface area (Å²) in [5, 5.41) is 0. The molecule has 0 bridgehead atoms. The second-order valence-corrected chi connectivity index (χ2v) is 6.51. The molecule has 4 heteroatoms. The number of nitrogens with two attached hydrogens (primary N) is 1. The summed E-state index contributed by atoms with van der Waals surface area (Å²) in [6.07, 6.45) is 11.2. The molecule has 1 unspecified atom stereocenters. The summed E-state index contributed by atoms with van der Waals surface area (Å²) in [7, 11) is 0. The standard InChI is InChI=1S/C15H28N2O.ClH/c1-13(16)11-14(18)17-10-6-9-15(12-17)7-4-2-3-5-8-15;/h13H,2-12,16H2,1H3;1H. The Labute approximate surface area is 123 Å². The van der Waals surface area contributed by atoms with Gasteiger partial charge in [0.15, 0.2) is 0 Å². The van der Waals surface area contributed by atoms with Gasteiger partial charge in [-0.2, -0.15) is 0 Å². The summed E-state index contributed by atoms with van der Waals surface area (Å²) in [6.45, 7) is 3.87. The van der Waals surface area contributed by atoms with E-state index in [1.807, 2.05) is 6.92 Å². The van der Waals surface area contributed by atoms with Crippen molar-refractivity contribution in [2.24, 2.45) is 11.1 Å². The zero-order valence-electron chi connectivity index (χ0n) is 12.2. The van der Waals surface area contributed by atoms with Crippen molar-refractivity contribution < 1.29 is 4.79 Å². The number of hydrogen-bond acceptors (Lipinski definition) is 2. The van der Waals surface area contributed by atoms with Crippen molar-refractivity contribution in [2.75, 3.05) is 13.1 Å². The second-order valence-electron chi connectivity index (χ2n) is 6.51. The van der Waals surface area contributed by atoms with E-state index in [0.29, 0.717) is 11.8 Å². The Morgan fingerprint density at radius 2 is 1.74 bits per heavy atom. The van der Waals surface area contributed by atoms with Crippen LogP contribution in [0.15, 0.2) is 0 Å². The van der Waals surface area contributed by atoms with E-state index in [0.717, 1.165) is 13.1 Å². The Bertz CT molecular complexity index is 286. The van der Waals surface area contributed by atoms with E-state index in [2.05, 4.69) is 4.90 Å². The number of halogens is 1. The Morgan fingerprint density at radius 1 is 1.16 bits per heavy atom. The molecule has 0 radical (unpaired) electrons. The van der Waals surface area contributed by atoms with Crippen LogP contribution >= 0.6 is 12.4 Å². The van der Waals surface area contributed by atoms with Gasteiger partial charge in [-0.1, -0.05) is 25.7 Å². The maximum absolute atomic E-state index is 12.2. The molecule has 2 N–H and O–H groups in total. The first-order valence-electron chi connectivity index (χ1n) is 7.65. The number of carbonyl (C=O) groups is 1. The highest BCUT2D eigenvalue weighted by atomic mass is 35.5. The van der Waals surface area contributed by atoms with Gasteiger partial charge in [-0.05, 0) is 38.0 Å². The molecule has 1 heterocycles. The van der Waals surface area contributed by atoms with Crippen LogP contribution in [-0.2, 0) is 4.79 Å². The van der Waals surface area contributed by atoms with Gasteiger partial charge in [0, 0.05) is 25.6 Å². The summed E-state index contributed by atoms with van der Waals surface area (Å²) < 4.78 is 0. The summed E-state index contributed by atoms with van der Waals surface area (Å²) in [5.74, 6) is 0.272. The minimum atomic E-state index is -0.00971. The minimum absolute atomic E-state index is 0. The van der Waals surface area contributed by atoms with Gasteiger partial charge in [0.05, 0.1) is 0 Å². The molecule has 3 nitrogen and oxygen atoms in total. The van der Waals surface area contributed by atoms with Crippen molar-refractivity contribution in [3.05, 3.63) is 0 Å². The van der Waals surface area contributed by atoms with Crippen molar-refractivity contribution in [1.82, 2.24) is 4.90 Å². The van der Waals surface area contributed by atoms with E-state index in [1.54, 1.807) is 0 Å². The molecular formula is C15H29ClN2O. The predicted molar refractivity (Wildman–Crippen MR) is 81.5 cm³/mol. The topological polar surface area (TPSA) is 46.3 Å². The van der Waals surface area contributed by atoms with Crippen LogP contribution in [0, 0.1) is 5.41 Å². The molecular weight excluding hydrogens is 260 g/mol. The number of rotatable bonds is 2. The van der Waals surface area contributed by atoms with E-state index in [1.165, 1.54) is 51.4 Å². The molecule has 1 saturated carbocycles. The molecule has 2 fully saturated rings. The monoisotopic (exact) mass is 288 g/mol. The molecule has 1 spiro atoms. The first-order chi connectivity index (χ1) is 8.61. The van der Waals surface area contributed by atoms with Crippen LogP contribution < -0.4 is 5.73 Å². The zero-order valence-corrected chi connectivity index (χ0v) is 13.0. The number of likely N-dealkylation sites (tertiary alicyclic amines) is 1. The van der Waals surface area contributed by atoms with Crippen LogP contribution in [0.4, 0.5) is 0 Å². The summed E-state index contributed by atoms with van der Waals surface area (Å²) in [4.78, 5) is 14.3. The number of piperidine rings is 1. The smallest absolute Gasteiger partial charge is 0.224 e. The van der Waals surface area contributed by atoms with Gasteiger partial charge in [0.1, 0.15) is 0 Å². The number of hydrogen-bond donors (Lipinski definition) is 1. The molecule has 0 aromatic rings. The van der Waals surface area contributed by atoms with E-state index < -0.39 is 0 Å². The molecule has 2 rings (SSSR count). The lowest BCUT2D eigenvalue weighted by molar-refractivity contribution is -0.135. The zero-order chi connectivity index (χ0) is 13.0. The highest BCUT2D eigenvalue weighted by Gasteiger charge is 2.36. The quantitative estimate of drug-likeness (QED) is 0.849. The van der Waals surface area contributed by atoms with Crippen molar-refractivity contribution in [2.45, 2.75) is 70.8 Å². The highest BCUT2D eigenvalue weighted by Crippen LogP contribution is 2.42. The number of nitrogens with zero attached hydrogens (tertiary/aromatic N) is 1. The largest absolute Gasteiger partial charge is 0.342 e. The molecule has 112 valence electrons. The second kappa shape index (κ2) is 7.49. The van der Waals surface area contributed by atoms with Crippen LogP contribution in [0.25, 0.3) is 0 Å². The third kappa shape index (κ3) is 4.64. The predicted octanol–water partition coefficient (Wildman–Crippen LogP) is 3.11. The first-order valence-corrected chi connectivity index (χ1v) is 7.65. The van der Waals surface area contributed by atoms with Crippen LogP contribution in [0.3, 0.4) is 0 Å². The van der Waals surface area contributed by atoms with Crippen molar-refractivity contribution in [3.8, 4) is 0 Å². The molecule has 1 amide bonds. The molecule has 2 aliphatic rings. The van der Waals surface area contributed by atoms with Crippen molar-refractivity contribution in [3.63, 3.8) is 0 Å². The van der Waals surface area contributed by atoms with E-state index in [-0.39, 0.29) is 24.4 Å². The van der Waals surface area contributed by atoms with Gasteiger partial charge >= 0.3 is 0 Å². The molecule has 1 atom stereocenters. The van der Waals surface area contributed by atoms with Crippen LogP contribution in [0.5, 0.6) is 0 Å². The van der Waals surface area contributed by atoms with Gasteiger partial charge < -0.3 is 10.6 Å². The number of amides is 1. The van der Waals surface area contributed by atoms with E-state index in [9.17, 15) is 4.79 Å². The fourth-order valence-corrected chi connectivity index (χ4v) is 3.71. The Balaban J connectivity index is 0.00000180. The molecule has 1 aliphatic carbocycles. The molecule has 1 saturated heterocycles. The Hall–Kier alpha value is -0.280. The van der Waals surface area contributed by atoms with Gasteiger partial charge in [-0.25, -0.2) is 0 Å². The third-order valence-electron chi connectivity index (χ3n) is 4.67. The Morgan fingerprint density at radius 3 is 2.32 bits per heavy atom. The molecule has 0 aromatic heterocycles. The van der Waals surface area contributed by atoms with Crippen LogP contribution in [0.2, 0.25) is 0 Å². The van der Waals surface area contributed by atoms with Gasteiger partial charge in [0.2, 0.25) is 5.91 Å². The van der Waals surface area contributed by atoms with Gasteiger partial charge in [-0.15, -0.1) is 12.4 Å². The fourth-order valence-electron chi connectivity index (χ4n) is 3.71. The van der Waals surface area contributed by atoms with Crippen molar-refractivity contribution in [1.29, 1.82) is 0 Å². The van der Waals surface area contributed by atoms with E-state index in [4.69, 9.17) is 5.73 Å². The average Bonchev–Trinajstić information content (AvgIpc) is 2.54. The lowest BCUT2D eigenvalue weighted by Crippen LogP contribution is -2.47. The Kier molecular flexibility index (Phi) is 6.61. The van der Waals surface area contributed by atoms with E-state index >= 15 is 0 Å². The third-order valence-corrected chi connectivity index (χ3v) is 4.67. The van der Waals surface area contributed by atoms with Gasteiger partial charge in [0.25, 0.3) is 0 Å². The van der Waals surface area contributed by atoms with Crippen LogP contribution in [0.1, 0.15) is 64.7 Å². The maximum atomic E-state index is 12.2. The lowest BCUT2D eigenvalue weighted by Gasteiger charge is -2.43. The highest BCUT2D eigenvalue weighted by molar-refractivity contribution is 5.85. The maximum Gasteiger partial charge on any atom is 0.224 e. The lowest BCUT2D eigenvalue weighted by atomic mass is 9.74. The molecule has 19 heavy (non-hydrogen) atoms. The molecule has 0 aromatic carbocycles. The SMILES string of the molecule is CC(N)CC(=O)N1CCCC2(CCCCCC2)C1.Cl. The number of carbonyl (C=O) groups excluding carboxylic acids is 1. The molecule has 1 aliphatic heterocycles. The normalized spacial score (nSPS) is 24.4. The summed E-state index contributed by atoms with van der Waals surface area (Å²) >= 11 is 0. The fraction of sp³-hybridized carbons (Fsp3) is 0.933. The van der Waals surface area contributed by atoms with Crippen LogP contribution in [-0.4, -0.2) is 29.9 Å².